The summed E-state index contributed by atoms with van der Waals surface area (Å²) in [5.74, 6) is -1.61. The lowest BCUT2D eigenvalue weighted by atomic mass is 10.3. The van der Waals surface area contributed by atoms with E-state index in [0.29, 0.717) is 5.57 Å². The van der Waals surface area contributed by atoms with Gasteiger partial charge in [-0.25, -0.2) is 4.79 Å². The molecular weight excluding hydrogens is 176 g/mol. The average Bonchev–Trinajstić information content (AvgIpc) is 1.96. The summed E-state index contributed by atoms with van der Waals surface area (Å²) in [4.78, 5) is 24.9. The highest BCUT2D eigenvalue weighted by molar-refractivity contribution is 5.80. The Bertz CT molecular complexity index is 225. The zero-order valence-electron chi connectivity index (χ0n) is 7.24. The van der Waals surface area contributed by atoms with Gasteiger partial charge in [-0.05, 0) is 12.5 Å². The van der Waals surface area contributed by atoms with Crippen molar-refractivity contribution in [3.63, 3.8) is 0 Å². The van der Waals surface area contributed by atoms with Gasteiger partial charge in [0, 0.05) is 12.6 Å². The summed E-state index contributed by atoms with van der Waals surface area (Å²) in [6.45, 7) is 1.62. The number of hydroxylamine groups is 1. The van der Waals surface area contributed by atoms with Crippen LogP contribution < -0.4 is 11.2 Å². The normalized spacial score (nSPS) is 11.3. The van der Waals surface area contributed by atoms with E-state index in [2.05, 4.69) is 10.3 Å². The van der Waals surface area contributed by atoms with Crippen molar-refractivity contribution >= 4 is 11.9 Å². The van der Waals surface area contributed by atoms with Gasteiger partial charge >= 0.3 is 5.97 Å². The highest BCUT2D eigenvalue weighted by atomic mass is 16.6. The maximum absolute atomic E-state index is 10.2. The monoisotopic (exact) mass is 188 g/mol. The highest BCUT2D eigenvalue weighted by Gasteiger charge is 1.95. The van der Waals surface area contributed by atoms with E-state index in [0.717, 1.165) is 6.08 Å². The minimum Gasteiger partial charge on any atom is -0.478 e. The fourth-order valence-corrected chi connectivity index (χ4v) is 0.549. The van der Waals surface area contributed by atoms with Crippen LogP contribution in [0.2, 0.25) is 0 Å². The summed E-state index contributed by atoms with van der Waals surface area (Å²) in [5.41, 5.74) is 7.75. The van der Waals surface area contributed by atoms with Crippen molar-refractivity contribution in [2.24, 2.45) is 5.73 Å². The first kappa shape index (κ1) is 11.6. The second-order valence-corrected chi connectivity index (χ2v) is 2.41. The summed E-state index contributed by atoms with van der Waals surface area (Å²) in [5, 5.41) is 8.31. The van der Waals surface area contributed by atoms with Crippen LogP contribution in [0.25, 0.3) is 0 Å². The molecule has 0 spiro atoms. The molecule has 0 saturated carbocycles. The minimum absolute atomic E-state index is 0.236. The molecular formula is C7H12N2O4. The van der Waals surface area contributed by atoms with Crippen LogP contribution >= 0.6 is 0 Å². The Kier molecular flexibility index (Phi) is 5.49. The van der Waals surface area contributed by atoms with E-state index in [1.165, 1.54) is 0 Å². The molecule has 0 heterocycles. The Hall–Kier alpha value is -1.40. The number of hydrogen-bond donors (Lipinski definition) is 3. The van der Waals surface area contributed by atoms with Gasteiger partial charge in [0.1, 0.15) is 6.61 Å². The molecule has 0 aromatic rings. The second-order valence-electron chi connectivity index (χ2n) is 2.41. The molecule has 0 atom stereocenters. The minimum atomic E-state index is -1.02. The van der Waals surface area contributed by atoms with Gasteiger partial charge in [0.05, 0.1) is 0 Å². The summed E-state index contributed by atoms with van der Waals surface area (Å²) in [7, 11) is 0. The zero-order valence-corrected chi connectivity index (χ0v) is 7.24. The largest absolute Gasteiger partial charge is 0.478 e. The quantitative estimate of drug-likeness (QED) is 0.282. The van der Waals surface area contributed by atoms with E-state index in [1.807, 2.05) is 0 Å². The number of carboxylic acids is 1. The van der Waals surface area contributed by atoms with Crippen LogP contribution in [0.5, 0.6) is 0 Å². The lowest BCUT2D eigenvalue weighted by molar-refractivity contribution is -0.131. The summed E-state index contributed by atoms with van der Waals surface area (Å²) < 4.78 is 0. The number of primary amides is 1. The van der Waals surface area contributed by atoms with Gasteiger partial charge in [-0.3, -0.25) is 9.63 Å². The Morgan fingerprint density at radius 1 is 1.62 bits per heavy atom. The highest BCUT2D eigenvalue weighted by Crippen LogP contribution is 1.88. The third kappa shape index (κ3) is 8.51. The summed E-state index contributed by atoms with van der Waals surface area (Å²) in [6.07, 6.45) is 1.04. The fraction of sp³-hybridized carbons (Fsp3) is 0.429. The van der Waals surface area contributed by atoms with Crippen LogP contribution in [0.15, 0.2) is 11.6 Å². The van der Waals surface area contributed by atoms with Crippen molar-refractivity contribution in [2.45, 2.75) is 6.92 Å². The molecule has 13 heavy (non-hydrogen) atoms. The molecule has 0 rings (SSSR count). The lowest BCUT2D eigenvalue weighted by Crippen LogP contribution is -2.25. The van der Waals surface area contributed by atoms with Crippen LogP contribution in [0.4, 0.5) is 0 Å². The predicted molar refractivity (Wildman–Crippen MR) is 44.5 cm³/mol. The van der Waals surface area contributed by atoms with Crippen LogP contribution in [0, 0.1) is 0 Å². The van der Waals surface area contributed by atoms with Crippen molar-refractivity contribution in [1.29, 1.82) is 0 Å². The van der Waals surface area contributed by atoms with Gasteiger partial charge in [-0.15, -0.1) is 0 Å². The molecule has 74 valence electrons. The molecule has 0 aliphatic carbocycles. The molecule has 6 heteroatoms. The molecule has 0 saturated heterocycles. The summed E-state index contributed by atoms with van der Waals surface area (Å²) >= 11 is 0. The molecule has 0 aromatic carbocycles. The summed E-state index contributed by atoms with van der Waals surface area (Å²) in [6, 6.07) is 0. The molecule has 0 bridgehead atoms. The topological polar surface area (TPSA) is 102 Å². The fourth-order valence-electron chi connectivity index (χ4n) is 0.549. The number of carbonyl (C=O) groups excluding carboxylic acids is 1. The van der Waals surface area contributed by atoms with Crippen LogP contribution in [0.3, 0.4) is 0 Å². The van der Waals surface area contributed by atoms with E-state index in [9.17, 15) is 9.59 Å². The maximum atomic E-state index is 10.2. The number of carbonyl (C=O) groups is 2. The molecule has 1 amide bonds. The van der Waals surface area contributed by atoms with Crippen LogP contribution in [0.1, 0.15) is 6.92 Å². The lowest BCUT2D eigenvalue weighted by Gasteiger charge is -2.02. The van der Waals surface area contributed by atoms with Gasteiger partial charge in [0.15, 0.2) is 0 Å². The van der Waals surface area contributed by atoms with E-state index < -0.39 is 11.9 Å². The van der Waals surface area contributed by atoms with Crippen molar-refractivity contribution in [3.8, 4) is 0 Å². The molecule has 6 nitrogen and oxygen atoms in total. The first-order valence-corrected chi connectivity index (χ1v) is 3.55. The molecule has 0 fully saturated rings. The molecule has 0 aromatic heterocycles. The molecule has 0 radical (unpaired) electrons. The molecule has 0 aliphatic rings. The Labute approximate surface area is 75.3 Å². The van der Waals surface area contributed by atoms with E-state index in [4.69, 9.17) is 10.8 Å². The van der Waals surface area contributed by atoms with Crippen molar-refractivity contribution < 1.29 is 19.5 Å². The number of aliphatic carboxylic acids is 1. The second kappa shape index (κ2) is 6.15. The number of nitrogens with two attached hydrogens (primary N) is 1. The smallest absolute Gasteiger partial charge is 0.328 e. The van der Waals surface area contributed by atoms with Crippen molar-refractivity contribution in [2.75, 3.05) is 13.2 Å². The number of carboxylic acid groups (broad SMARTS) is 1. The zero-order chi connectivity index (χ0) is 10.3. The third-order valence-corrected chi connectivity index (χ3v) is 1.04. The first-order valence-electron chi connectivity index (χ1n) is 3.55. The Morgan fingerprint density at radius 2 is 2.23 bits per heavy atom. The van der Waals surface area contributed by atoms with Crippen molar-refractivity contribution in [3.05, 3.63) is 11.6 Å². The van der Waals surface area contributed by atoms with Gasteiger partial charge in [0.2, 0.25) is 5.91 Å². The van der Waals surface area contributed by atoms with Gasteiger partial charge in [-0.1, -0.05) is 0 Å². The van der Waals surface area contributed by atoms with Gasteiger partial charge in [0.25, 0.3) is 0 Å². The van der Waals surface area contributed by atoms with Crippen molar-refractivity contribution in [1.82, 2.24) is 5.48 Å². The van der Waals surface area contributed by atoms with E-state index in [1.54, 1.807) is 6.92 Å². The number of rotatable bonds is 6. The van der Waals surface area contributed by atoms with Gasteiger partial charge in [-0.2, -0.15) is 5.48 Å². The van der Waals surface area contributed by atoms with Crippen LogP contribution in [-0.2, 0) is 14.4 Å². The Balaban J connectivity index is 3.53. The first-order chi connectivity index (χ1) is 6.02. The third-order valence-electron chi connectivity index (χ3n) is 1.04. The maximum Gasteiger partial charge on any atom is 0.328 e. The molecule has 0 aliphatic heterocycles. The number of amides is 1. The average molecular weight is 188 g/mol. The molecule has 0 unspecified atom stereocenters. The standard InChI is InChI=1S/C7H12N2O4/c1-5(2-7(11)12)3-9-13-4-6(8)10/h2,9H,3-4H2,1H3,(H2,8,10)(H,11,12). The van der Waals surface area contributed by atoms with Crippen LogP contribution in [-0.4, -0.2) is 30.1 Å². The number of nitrogens with one attached hydrogen (secondary N) is 1. The predicted octanol–water partition coefficient (Wildman–Crippen LogP) is -0.976. The SMILES string of the molecule is CC(=CC(=O)O)CNOCC(N)=O. The van der Waals surface area contributed by atoms with E-state index in [-0.39, 0.29) is 13.2 Å². The molecule has 4 N–H and O–H groups in total. The Morgan fingerprint density at radius 3 is 2.69 bits per heavy atom. The van der Waals surface area contributed by atoms with Gasteiger partial charge < -0.3 is 10.8 Å². The van der Waals surface area contributed by atoms with E-state index >= 15 is 0 Å². The number of hydrogen-bond acceptors (Lipinski definition) is 4.